The topological polar surface area (TPSA) is 106 Å². The molecule has 0 unspecified atom stereocenters. The summed E-state index contributed by atoms with van der Waals surface area (Å²) in [5.74, 6) is -0.660. The Morgan fingerprint density at radius 1 is 1.16 bits per heavy atom. The molecule has 2 aromatic carbocycles. The lowest BCUT2D eigenvalue weighted by molar-refractivity contribution is -0.138. The van der Waals surface area contributed by atoms with Crippen molar-refractivity contribution in [2.24, 2.45) is 5.73 Å². The van der Waals surface area contributed by atoms with Crippen molar-refractivity contribution >= 4 is 27.8 Å². The van der Waals surface area contributed by atoms with Crippen LogP contribution in [0.1, 0.15) is 5.56 Å². The third-order valence-corrected chi connectivity index (χ3v) is 4.19. The van der Waals surface area contributed by atoms with Gasteiger partial charge in [-0.15, -0.1) is 0 Å². The number of hydrogen-bond donors (Lipinski definition) is 2. The molecule has 2 aromatic rings. The van der Waals surface area contributed by atoms with Crippen LogP contribution in [0.5, 0.6) is 0 Å². The van der Waals surface area contributed by atoms with Crippen LogP contribution in [-0.4, -0.2) is 22.1 Å². The van der Waals surface area contributed by atoms with Gasteiger partial charge in [-0.05, 0) is 24.1 Å². The average molecular weight is 334 g/mol. The van der Waals surface area contributed by atoms with Gasteiger partial charge in [0.1, 0.15) is 17.3 Å². The zero-order valence-electron chi connectivity index (χ0n) is 13.1. The molecule has 1 aliphatic carbocycles. The second-order valence-corrected chi connectivity index (χ2v) is 5.93. The van der Waals surface area contributed by atoms with E-state index in [9.17, 15) is 9.59 Å². The quantitative estimate of drug-likeness (QED) is 0.440. The minimum Gasteiger partial charge on any atom is -0.480 e. The van der Waals surface area contributed by atoms with E-state index in [1.807, 2.05) is 18.2 Å². The molecule has 124 valence electrons. The van der Waals surface area contributed by atoms with Crippen LogP contribution in [0.3, 0.4) is 0 Å². The van der Waals surface area contributed by atoms with Gasteiger partial charge < -0.3 is 15.3 Å². The number of fused-ring (bicyclic) bond motifs is 4. The lowest BCUT2D eigenvalue weighted by Crippen LogP contribution is -2.32. The lowest BCUT2D eigenvalue weighted by atomic mass is 10.0. The van der Waals surface area contributed by atoms with E-state index in [0.29, 0.717) is 27.9 Å². The van der Waals surface area contributed by atoms with Gasteiger partial charge in [-0.2, -0.15) is 0 Å². The summed E-state index contributed by atoms with van der Waals surface area (Å²) >= 11 is 0. The molecular formula is C19H14N2O4. The van der Waals surface area contributed by atoms with Crippen LogP contribution in [0, 0.1) is 0 Å². The average Bonchev–Trinajstić information content (AvgIpc) is 2.60. The highest BCUT2D eigenvalue weighted by molar-refractivity contribution is 5.96. The van der Waals surface area contributed by atoms with Crippen LogP contribution in [-0.2, 0) is 11.2 Å². The summed E-state index contributed by atoms with van der Waals surface area (Å²) in [4.78, 5) is 27.8. The summed E-state index contributed by atoms with van der Waals surface area (Å²) < 4.78 is 5.87. The number of hydrogen-bond acceptors (Lipinski definition) is 5. The van der Waals surface area contributed by atoms with E-state index in [-0.39, 0.29) is 11.8 Å². The largest absolute Gasteiger partial charge is 0.480 e. The SMILES string of the molecule is N[C@@H](Cc1ccc2nc3c4ccccc4c(=O)cc-3oc2c1)C(=O)O. The molecule has 2 aliphatic rings. The molecule has 1 aliphatic heterocycles. The van der Waals surface area contributed by atoms with Crippen molar-refractivity contribution in [2.75, 3.05) is 0 Å². The molecular weight excluding hydrogens is 320 g/mol. The molecule has 4 rings (SSSR count). The van der Waals surface area contributed by atoms with Gasteiger partial charge in [-0.1, -0.05) is 30.3 Å². The van der Waals surface area contributed by atoms with Crippen molar-refractivity contribution in [1.82, 2.24) is 4.98 Å². The Balaban J connectivity index is 1.92. The van der Waals surface area contributed by atoms with Gasteiger partial charge in [0.15, 0.2) is 16.8 Å². The molecule has 1 atom stereocenters. The Labute approximate surface area is 141 Å². The number of aromatic nitrogens is 1. The third kappa shape index (κ3) is 2.62. The van der Waals surface area contributed by atoms with Gasteiger partial charge in [-0.25, -0.2) is 4.98 Å². The Hall–Kier alpha value is -3.25. The van der Waals surface area contributed by atoms with Gasteiger partial charge in [0, 0.05) is 16.8 Å². The van der Waals surface area contributed by atoms with Gasteiger partial charge in [0.05, 0.1) is 0 Å². The molecule has 6 nitrogen and oxygen atoms in total. The molecule has 6 heteroatoms. The maximum atomic E-state index is 12.2. The first kappa shape index (κ1) is 15.3. The van der Waals surface area contributed by atoms with Crippen molar-refractivity contribution in [3.05, 3.63) is 64.3 Å². The standard InChI is InChI=1S/C19H14N2O4/c20-13(19(23)24)7-10-5-6-14-16(8-10)25-17-9-15(22)11-3-1-2-4-12(11)18(17)21-14/h1-6,8-9,13H,7,20H2,(H,23,24)/t13-/m0/s1. The van der Waals surface area contributed by atoms with E-state index in [1.165, 1.54) is 6.07 Å². The number of nitrogens with zero attached hydrogens (tertiary/aromatic N) is 1. The highest BCUT2D eigenvalue weighted by atomic mass is 16.4. The predicted molar refractivity (Wildman–Crippen MR) is 93.7 cm³/mol. The Kier molecular flexibility index (Phi) is 3.47. The molecule has 0 amide bonds. The van der Waals surface area contributed by atoms with Crippen LogP contribution in [0.15, 0.2) is 57.7 Å². The number of benzene rings is 3. The monoisotopic (exact) mass is 334 g/mol. The van der Waals surface area contributed by atoms with Gasteiger partial charge in [0.25, 0.3) is 0 Å². The number of carboxylic acids is 1. The second-order valence-electron chi connectivity index (χ2n) is 5.93. The zero-order valence-corrected chi connectivity index (χ0v) is 13.1. The van der Waals surface area contributed by atoms with Gasteiger partial charge >= 0.3 is 5.97 Å². The molecule has 0 aromatic heterocycles. The van der Waals surface area contributed by atoms with Crippen molar-refractivity contribution in [1.29, 1.82) is 0 Å². The first-order chi connectivity index (χ1) is 12.0. The van der Waals surface area contributed by atoms with Crippen molar-refractivity contribution in [2.45, 2.75) is 12.5 Å². The van der Waals surface area contributed by atoms with Crippen LogP contribution in [0.2, 0.25) is 0 Å². The Bertz CT molecular complexity index is 1150. The fraction of sp³-hybridized carbons (Fsp3) is 0.105. The molecule has 1 heterocycles. The van der Waals surface area contributed by atoms with Crippen molar-refractivity contribution < 1.29 is 14.3 Å². The summed E-state index contributed by atoms with van der Waals surface area (Å²) in [7, 11) is 0. The van der Waals surface area contributed by atoms with Crippen molar-refractivity contribution in [3.8, 4) is 11.5 Å². The first-order valence-electron chi connectivity index (χ1n) is 7.76. The summed E-state index contributed by atoms with van der Waals surface area (Å²) in [5, 5.41) is 10.3. The van der Waals surface area contributed by atoms with E-state index < -0.39 is 12.0 Å². The maximum Gasteiger partial charge on any atom is 0.320 e. The lowest BCUT2D eigenvalue weighted by Gasteiger charge is -2.11. The summed E-state index contributed by atoms with van der Waals surface area (Å²) in [6, 6.07) is 13.0. The number of carboxylic acid groups (broad SMARTS) is 1. The minimum atomic E-state index is -1.06. The summed E-state index contributed by atoms with van der Waals surface area (Å²) in [6.07, 6.45) is 0.184. The molecule has 0 saturated carbocycles. The van der Waals surface area contributed by atoms with Gasteiger partial charge in [-0.3, -0.25) is 9.59 Å². The predicted octanol–water partition coefficient (Wildman–Crippen LogP) is 2.40. The number of aliphatic carboxylic acids is 1. The second kappa shape index (κ2) is 5.68. The van der Waals surface area contributed by atoms with E-state index in [4.69, 9.17) is 15.3 Å². The van der Waals surface area contributed by atoms with E-state index in [0.717, 1.165) is 10.9 Å². The van der Waals surface area contributed by atoms with Crippen LogP contribution < -0.4 is 11.2 Å². The molecule has 0 spiro atoms. The summed E-state index contributed by atoms with van der Waals surface area (Å²) in [6.45, 7) is 0. The third-order valence-electron chi connectivity index (χ3n) is 4.19. The number of rotatable bonds is 3. The smallest absolute Gasteiger partial charge is 0.320 e. The highest BCUT2D eigenvalue weighted by Crippen LogP contribution is 2.30. The molecule has 25 heavy (non-hydrogen) atoms. The molecule has 0 saturated heterocycles. The highest BCUT2D eigenvalue weighted by Gasteiger charge is 2.17. The number of nitrogens with two attached hydrogens (primary N) is 1. The fourth-order valence-corrected chi connectivity index (χ4v) is 2.94. The Morgan fingerprint density at radius 2 is 1.92 bits per heavy atom. The number of carbonyl (C=O) groups is 1. The fourth-order valence-electron chi connectivity index (χ4n) is 2.94. The maximum absolute atomic E-state index is 12.2. The Morgan fingerprint density at radius 3 is 2.68 bits per heavy atom. The first-order valence-corrected chi connectivity index (χ1v) is 7.76. The minimum absolute atomic E-state index is 0.128. The van der Waals surface area contributed by atoms with E-state index in [1.54, 1.807) is 24.3 Å². The molecule has 0 radical (unpaired) electrons. The van der Waals surface area contributed by atoms with E-state index >= 15 is 0 Å². The van der Waals surface area contributed by atoms with Crippen LogP contribution in [0.4, 0.5) is 0 Å². The molecule has 3 N–H and O–H groups in total. The zero-order chi connectivity index (χ0) is 17.6. The van der Waals surface area contributed by atoms with Crippen LogP contribution >= 0.6 is 0 Å². The van der Waals surface area contributed by atoms with E-state index in [2.05, 4.69) is 4.98 Å². The molecule has 0 bridgehead atoms. The van der Waals surface area contributed by atoms with Crippen molar-refractivity contribution in [3.63, 3.8) is 0 Å². The summed E-state index contributed by atoms with van der Waals surface area (Å²) in [5.41, 5.74) is 7.92. The van der Waals surface area contributed by atoms with Crippen LogP contribution in [0.25, 0.3) is 33.3 Å². The van der Waals surface area contributed by atoms with Gasteiger partial charge in [0.2, 0.25) is 0 Å². The molecule has 0 fully saturated rings. The normalized spacial score (nSPS) is 12.7.